The molecular weight excluding hydrogens is 241 g/mol. The number of thiophene rings is 1. The number of hydrogen-bond donors (Lipinski definition) is 0. The average molecular weight is 248 g/mol. The molecule has 0 amide bonds. The molecule has 0 radical (unpaired) electrons. The third-order valence-electron chi connectivity index (χ3n) is 1.55. The quantitative estimate of drug-likeness (QED) is 0.438. The minimum Gasteiger partial charge on any atom is -0.193 e. The molecule has 5 heteroatoms. The summed E-state index contributed by atoms with van der Waals surface area (Å²) in [4.78, 5) is 4.33. The van der Waals surface area contributed by atoms with Crippen LogP contribution < -0.4 is 0 Å². The fraction of sp³-hybridized carbons (Fsp3) is 0.222. The van der Waals surface area contributed by atoms with E-state index in [1.807, 2.05) is 19.1 Å². The Bertz CT molecular complexity index is 405. The van der Waals surface area contributed by atoms with Gasteiger partial charge in [-0.1, -0.05) is 23.8 Å². The van der Waals surface area contributed by atoms with Crippen LogP contribution in [-0.2, 0) is 6.42 Å². The van der Waals surface area contributed by atoms with Gasteiger partial charge in [-0.25, -0.2) is 0 Å². The van der Waals surface area contributed by atoms with Crippen molar-refractivity contribution in [2.75, 3.05) is 0 Å². The molecule has 0 unspecified atom stereocenters. The van der Waals surface area contributed by atoms with Crippen LogP contribution in [0, 0.1) is 5.13 Å². The van der Waals surface area contributed by atoms with Crippen molar-refractivity contribution in [1.82, 2.24) is 0 Å². The Labute approximate surface area is 95.9 Å². The molecule has 0 aliphatic heterocycles. The Kier molecular flexibility index (Phi) is 4.42. The van der Waals surface area contributed by atoms with Crippen LogP contribution >= 0.6 is 35.2 Å². The number of allylic oxidation sites excluding steroid dienone is 2. The summed E-state index contributed by atoms with van der Waals surface area (Å²) < 4.78 is 13.2. The lowest BCUT2D eigenvalue weighted by Crippen LogP contribution is -1.73. The highest BCUT2D eigenvalue weighted by Gasteiger charge is 2.14. The first kappa shape index (κ1) is 11.5. The second-order valence-electron chi connectivity index (χ2n) is 2.44. The van der Waals surface area contributed by atoms with Gasteiger partial charge in [-0.3, -0.25) is 0 Å². The molecule has 0 fully saturated rings. The number of aliphatic imine (C=N–C) groups is 1. The Hall–Kier alpha value is -0.540. The summed E-state index contributed by atoms with van der Waals surface area (Å²) >= 11 is 11.3. The molecule has 1 aromatic heterocycles. The van der Waals surface area contributed by atoms with Crippen LogP contribution in [0.2, 0.25) is 5.02 Å². The number of rotatable bonds is 3. The van der Waals surface area contributed by atoms with Gasteiger partial charge in [0.2, 0.25) is 5.13 Å². The van der Waals surface area contributed by atoms with Crippen LogP contribution in [0.15, 0.2) is 17.1 Å². The molecule has 1 aromatic rings. The van der Waals surface area contributed by atoms with Gasteiger partial charge in [-0.2, -0.15) is 9.38 Å². The lowest BCUT2D eigenvalue weighted by atomic mass is 10.3. The van der Waals surface area contributed by atoms with Gasteiger partial charge in [0.1, 0.15) is 5.69 Å². The number of halogens is 2. The standard InChI is InChI=1S/C9H7ClFNS2/c1-2-3-4-6-7(10)8(12-5-13)9(11)14-6/h2-3H,4H2,1H3. The highest BCUT2D eigenvalue weighted by Crippen LogP contribution is 2.38. The molecule has 0 atom stereocenters. The highest BCUT2D eigenvalue weighted by molar-refractivity contribution is 7.78. The van der Waals surface area contributed by atoms with E-state index in [2.05, 4.69) is 22.4 Å². The van der Waals surface area contributed by atoms with E-state index >= 15 is 0 Å². The summed E-state index contributed by atoms with van der Waals surface area (Å²) in [6.45, 7) is 1.90. The van der Waals surface area contributed by atoms with E-state index in [0.29, 0.717) is 11.4 Å². The number of isothiocyanates is 1. The topological polar surface area (TPSA) is 12.4 Å². The molecule has 74 valence electrons. The van der Waals surface area contributed by atoms with Gasteiger partial charge in [0.05, 0.1) is 10.2 Å². The van der Waals surface area contributed by atoms with Crippen molar-refractivity contribution in [2.24, 2.45) is 4.99 Å². The van der Waals surface area contributed by atoms with Crippen molar-refractivity contribution in [3.8, 4) is 0 Å². The van der Waals surface area contributed by atoms with Crippen LogP contribution in [0.4, 0.5) is 10.1 Å². The fourth-order valence-corrected chi connectivity index (χ4v) is 2.21. The first-order valence-electron chi connectivity index (χ1n) is 3.86. The van der Waals surface area contributed by atoms with E-state index in [1.165, 1.54) is 0 Å². The first-order chi connectivity index (χ1) is 6.70. The predicted octanol–water partition coefficient (Wildman–Crippen LogP) is 4.39. The van der Waals surface area contributed by atoms with E-state index in [9.17, 15) is 4.39 Å². The second-order valence-corrected chi connectivity index (χ2v) is 4.05. The van der Waals surface area contributed by atoms with Crippen molar-refractivity contribution in [1.29, 1.82) is 0 Å². The zero-order valence-corrected chi connectivity index (χ0v) is 9.77. The minimum absolute atomic E-state index is 0.103. The smallest absolute Gasteiger partial charge is 0.193 e. The van der Waals surface area contributed by atoms with Gasteiger partial charge < -0.3 is 0 Å². The molecule has 0 spiro atoms. The van der Waals surface area contributed by atoms with Crippen LogP contribution in [0.1, 0.15) is 11.8 Å². The van der Waals surface area contributed by atoms with E-state index in [1.54, 1.807) is 0 Å². The molecule has 1 nitrogen and oxygen atoms in total. The molecule has 1 rings (SSSR count). The monoisotopic (exact) mass is 247 g/mol. The largest absolute Gasteiger partial charge is 0.204 e. The third kappa shape index (κ3) is 2.49. The predicted molar refractivity (Wildman–Crippen MR) is 62.5 cm³/mol. The molecule has 0 saturated carbocycles. The number of nitrogens with zero attached hydrogens (tertiary/aromatic N) is 1. The van der Waals surface area contributed by atoms with Gasteiger partial charge in [-0.15, -0.1) is 11.3 Å². The summed E-state index contributed by atoms with van der Waals surface area (Å²) in [5.74, 6) is 0. The Morgan fingerprint density at radius 1 is 1.71 bits per heavy atom. The van der Waals surface area contributed by atoms with Crippen molar-refractivity contribution >= 4 is 46.0 Å². The van der Waals surface area contributed by atoms with Gasteiger partial charge >= 0.3 is 0 Å². The van der Waals surface area contributed by atoms with E-state index < -0.39 is 5.13 Å². The summed E-state index contributed by atoms with van der Waals surface area (Å²) in [6.07, 6.45) is 4.40. The lowest BCUT2D eigenvalue weighted by Gasteiger charge is -1.90. The Morgan fingerprint density at radius 2 is 2.43 bits per heavy atom. The number of hydrogen-bond acceptors (Lipinski definition) is 3. The molecule has 0 aliphatic carbocycles. The maximum atomic E-state index is 13.2. The van der Waals surface area contributed by atoms with E-state index in [-0.39, 0.29) is 5.69 Å². The fourth-order valence-electron chi connectivity index (χ4n) is 0.914. The van der Waals surface area contributed by atoms with Crippen LogP contribution in [0.5, 0.6) is 0 Å². The van der Waals surface area contributed by atoms with Gasteiger partial charge in [0.15, 0.2) is 0 Å². The van der Waals surface area contributed by atoms with Crippen LogP contribution in [0.25, 0.3) is 0 Å². The van der Waals surface area contributed by atoms with Crippen molar-refractivity contribution in [3.63, 3.8) is 0 Å². The highest BCUT2D eigenvalue weighted by atomic mass is 35.5. The molecule has 0 N–H and O–H groups in total. The van der Waals surface area contributed by atoms with Gasteiger partial charge in [0.25, 0.3) is 0 Å². The summed E-state index contributed by atoms with van der Waals surface area (Å²) in [5, 5.41) is 2.03. The summed E-state index contributed by atoms with van der Waals surface area (Å²) in [6, 6.07) is 0. The minimum atomic E-state index is -0.410. The summed E-state index contributed by atoms with van der Waals surface area (Å²) in [7, 11) is 0. The van der Waals surface area contributed by atoms with Crippen LogP contribution in [0.3, 0.4) is 0 Å². The number of thiocarbonyl (C=S) groups is 1. The lowest BCUT2D eigenvalue weighted by molar-refractivity contribution is 0.659. The second kappa shape index (κ2) is 5.37. The first-order valence-corrected chi connectivity index (χ1v) is 5.46. The Balaban J connectivity index is 3.09. The van der Waals surface area contributed by atoms with Crippen molar-refractivity contribution < 1.29 is 4.39 Å². The Morgan fingerprint density at radius 3 is 3.00 bits per heavy atom. The maximum Gasteiger partial charge on any atom is 0.204 e. The van der Waals surface area contributed by atoms with Crippen molar-refractivity contribution in [2.45, 2.75) is 13.3 Å². The third-order valence-corrected chi connectivity index (χ3v) is 3.15. The molecule has 0 aromatic carbocycles. The zero-order chi connectivity index (χ0) is 10.6. The van der Waals surface area contributed by atoms with Crippen LogP contribution in [-0.4, -0.2) is 5.16 Å². The van der Waals surface area contributed by atoms with Gasteiger partial charge in [0, 0.05) is 11.3 Å². The SMILES string of the molecule is CC=CCc1sc(F)c(N=C=S)c1Cl. The molecule has 14 heavy (non-hydrogen) atoms. The molecular formula is C9H7ClFNS2. The van der Waals surface area contributed by atoms with Crippen molar-refractivity contribution in [3.05, 3.63) is 27.2 Å². The normalized spacial score (nSPS) is 10.5. The molecule has 0 aliphatic rings. The van der Waals surface area contributed by atoms with E-state index in [4.69, 9.17) is 11.6 Å². The average Bonchev–Trinajstić information content (AvgIpc) is 2.43. The zero-order valence-electron chi connectivity index (χ0n) is 7.38. The maximum absolute atomic E-state index is 13.2. The van der Waals surface area contributed by atoms with E-state index in [0.717, 1.165) is 16.2 Å². The molecule has 1 heterocycles. The molecule has 0 saturated heterocycles. The molecule has 0 bridgehead atoms. The summed E-state index contributed by atoms with van der Waals surface area (Å²) in [5.41, 5.74) is 0.103. The van der Waals surface area contributed by atoms with Gasteiger partial charge in [-0.05, 0) is 19.1 Å².